The molecule has 0 saturated carbocycles. The standard InChI is InChI=1S/C21H22FNO6/c1-26-19-12-15(21(25)29-13-16-4-2-3-5-17(16)22)6-7-18(19)28-14-20(24)23-8-10-27-11-9-23/h2-7,12H,8-11,13-14H2,1H3. The first kappa shape index (κ1) is 20.6. The molecule has 0 unspecified atom stereocenters. The number of nitrogens with zero attached hydrogens (tertiary/aromatic N) is 1. The monoisotopic (exact) mass is 403 g/mol. The molecule has 3 rings (SSSR count). The average molecular weight is 403 g/mol. The molecule has 1 aliphatic heterocycles. The maximum atomic E-state index is 13.6. The lowest BCUT2D eigenvalue weighted by atomic mass is 10.2. The van der Waals surface area contributed by atoms with Crippen LogP contribution in [-0.4, -0.2) is 56.8 Å². The van der Waals surface area contributed by atoms with Gasteiger partial charge in [0.05, 0.1) is 25.9 Å². The van der Waals surface area contributed by atoms with E-state index in [0.717, 1.165) is 0 Å². The number of hydrogen-bond acceptors (Lipinski definition) is 6. The minimum atomic E-state index is -0.623. The van der Waals surface area contributed by atoms with E-state index in [2.05, 4.69) is 0 Å². The smallest absolute Gasteiger partial charge is 0.338 e. The molecule has 0 aliphatic carbocycles. The zero-order valence-electron chi connectivity index (χ0n) is 16.1. The second-order valence-electron chi connectivity index (χ2n) is 6.32. The first-order chi connectivity index (χ1) is 14.1. The van der Waals surface area contributed by atoms with Crippen molar-refractivity contribution in [3.05, 3.63) is 59.4 Å². The van der Waals surface area contributed by atoms with Crippen molar-refractivity contribution in [3.63, 3.8) is 0 Å². The molecule has 0 spiro atoms. The van der Waals surface area contributed by atoms with Crippen LogP contribution in [0.4, 0.5) is 4.39 Å². The van der Waals surface area contributed by atoms with Crippen molar-refractivity contribution in [2.24, 2.45) is 0 Å². The molecule has 0 radical (unpaired) electrons. The van der Waals surface area contributed by atoms with Crippen LogP contribution in [0.25, 0.3) is 0 Å². The lowest BCUT2D eigenvalue weighted by Crippen LogP contribution is -2.43. The molecule has 1 amide bonds. The SMILES string of the molecule is COc1cc(C(=O)OCc2ccccc2F)ccc1OCC(=O)N1CCOCC1. The Morgan fingerprint density at radius 2 is 1.86 bits per heavy atom. The van der Waals surface area contributed by atoms with Gasteiger partial charge in [-0.1, -0.05) is 18.2 Å². The van der Waals surface area contributed by atoms with Crippen LogP contribution in [0.2, 0.25) is 0 Å². The van der Waals surface area contributed by atoms with Crippen LogP contribution in [0, 0.1) is 5.82 Å². The van der Waals surface area contributed by atoms with Gasteiger partial charge in [0.2, 0.25) is 0 Å². The third kappa shape index (κ3) is 5.45. The van der Waals surface area contributed by atoms with E-state index in [4.69, 9.17) is 18.9 Å². The maximum Gasteiger partial charge on any atom is 0.338 e. The van der Waals surface area contributed by atoms with Crippen molar-refractivity contribution in [1.29, 1.82) is 0 Å². The minimum Gasteiger partial charge on any atom is -0.493 e. The molecule has 0 atom stereocenters. The van der Waals surface area contributed by atoms with Crippen LogP contribution < -0.4 is 9.47 Å². The van der Waals surface area contributed by atoms with Gasteiger partial charge in [-0.3, -0.25) is 4.79 Å². The zero-order chi connectivity index (χ0) is 20.6. The molecule has 1 aliphatic rings. The highest BCUT2D eigenvalue weighted by atomic mass is 19.1. The van der Waals surface area contributed by atoms with E-state index < -0.39 is 11.8 Å². The molecule has 1 fully saturated rings. The summed E-state index contributed by atoms with van der Waals surface area (Å²) in [5.74, 6) is -0.585. The van der Waals surface area contributed by atoms with Crippen LogP contribution in [-0.2, 0) is 20.9 Å². The van der Waals surface area contributed by atoms with Crippen molar-refractivity contribution in [2.75, 3.05) is 40.0 Å². The molecule has 2 aromatic carbocycles. The van der Waals surface area contributed by atoms with Gasteiger partial charge in [-0.15, -0.1) is 0 Å². The summed E-state index contributed by atoms with van der Waals surface area (Å²) in [5.41, 5.74) is 0.513. The molecular weight excluding hydrogens is 381 g/mol. The van der Waals surface area contributed by atoms with E-state index in [0.29, 0.717) is 37.8 Å². The average Bonchev–Trinajstić information content (AvgIpc) is 2.77. The number of carbonyl (C=O) groups excluding carboxylic acids is 2. The Balaban J connectivity index is 1.59. The van der Waals surface area contributed by atoms with Crippen molar-refractivity contribution in [1.82, 2.24) is 4.90 Å². The third-order valence-corrected chi connectivity index (χ3v) is 4.43. The number of halogens is 1. The zero-order valence-corrected chi connectivity index (χ0v) is 16.1. The molecule has 1 heterocycles. The van der Waals surface area contributed by atoms with E-state index in [1.807, 2.05) is 0 Å². The number of morpholine rings is 1. The van der Waals surface area contributed by atoms with Gasteiger partial charge in [-0.25, -0.2) is 9.18 Å². The summed E-state index contributed by atoms with van der Waals surface area (Å²) >= 11 is 0. The van der Waals surface area contributed by atoms with Gasteiger partial charge in [0.1, 0.15) is 12.4 Å². The minimum absolute atomic E-state index is 0.145. The van der Waals surface area contributed by atoms with Gasteiger partial charge in [0.25, 0.3) is 5.91 Å². The first-order valence-corrected chi connectivity index (χ1v) is 9.15. The maximum absolute atomic E-state index is 13.6. The molecule has 8 heteroatoms. The molecule has 0 bridgehead atoms. The lowest BCUT2D eigenvalue weighted by Gasteiger charge is -2.26. The quantitative estimate of drug-likeness (QED) is 0.661. The Labute approximate surface area is 167 Å². The summed E-state index contributed by atoms with van der Waals surface area (Å²) in [6.07, 6.45) is 0. The fraction of sp³-hybridized carbons (Fsp3) is 0.333. The number of ether oxygens (including phenoxy) is 4. The Morgan fingerprint density at radius 3 is 2.59 bits per heavy atom. The summed E-state index contributed by atoms with van der Waals surface area (Å²) < 4.78 is 34.8. The fourth-order valence-electron chi connectivity index (χ4n) is 2.80. The van der Waals surface area contributed by atoms with Gasteiger partial charge in [-0.2, -0.15) is 0 Å². The largest absolute Gasteiger partial charge is 0.493 e. The molecule has 2 aromatic rings. The van der Waals surface area contributed by atoms with Gasteiger partial charge in [-0.05, 0) is 24.3 Å². The van der Waals surface area contributed by atoms with Crippen molar-refractivity contribution < 1.29 is 32.9 Å². The Hall–Kier alpha value is -3.13. The van der Waals surface area contributed by atoms with E-state index in [-0.39, 0.29) is 30.2 Å². The number of methoxy groups -OCH3 is 1. The molecule has 7 nitrogen and oxygen atoms in total. The molecule has 1 saturated heterocycles. The second kappa shape index (κ2) is 9.88. The normalized spacial score (nSPS) is 13.7. The van der Waals surface area contributed by atoms with Crippen molar-refractivity contribution >= 4 is 11.9 Å². The number of amides is 1. The van der Waals surface area contributed by atoms with Crippen LogP contribution in [0.3, 0.4) is 0 Å². The van der Waals surface area contributed by atoms with Gasteiger partial charge in [0.15, 0.2) is 18.1 Å². The van der Waals surface area contributed by atoms with Crippen LogP contribution in [0.15, 0.2) is 42.5 Å². The first-order valence-electron chi connectivity index (χ1n) is 9.15. The Kier molecular flexibility index (Phi) is 7.02. The molecule has 0 aromatic heterocycles. The fourth-order valence-corrected chi connectivity index (χ4v) is 2.80. The third-order valence-electron chi connectivity index (χ3n) is 4.43. The van der Waals surface area contributed by atoms with Crippen molar-refractivity contribution in [3.8, 4) is 11.5 Å². The molecule has 154 valence electrons. The molecule has 0 N–H and O–H groups in total. The van der Waals surface area contributed by atoms with E-state index >= 15 is 0 Å². The summed E-state index contributed by atoms with van der Waals surface area (Å²) in [4.78, 5) is 26.1. The van der Waals surface area contributed by atoms with Gasteiger partial charge < -0.3 is 23.8 Å². The number of carbonyl (C=O) groups is 2. The Bertz CT molecular complexity index is 866. The predicted octanol–water partition coefficient (Wildman–Crippen LogP) is 2.43. The predicted molar refractivity (Wildman–Crippen MR) is 101 cm³/mol. The second-order valence-corrected chi connectivity index (χ2v) is 6.32. The summed E-state index contributed by atoms with van der Waals surface area (Å²) in [5, 5.41) is 0. The summed E-state index contributed by atoms with van der Waals surface area (Å²) in [7, 11) is 1.43. The van der Waals surface area contributed by atoms with Crippen LogP contribution in [0.1, 0.15) is 15.9 Å². The lowest BCUT2D eigenvalue weighted by molar-refractivity contribution is -0.137. The number of esters is 1. The number of benzene rings is 2. The van der Waals surface area contributed by atoms with E-state index in [1.54, 1.807) is 23.1 Å². The highest BCUT2D eigenvalue weighted by Crippen LogP contribution is 2.28. The van der Waals surface area contributed by atoms with Gasteiger partial charge >= 0.3 is 5.97 Å². The highest BCUT2D eigenvalue weighted by molar-refractivity contribution is 5.90. The highest BCUT2D eigenvalue weighted by Gasteiger charge is 2.19. The van der Waals surface area contributed by atoms with E-state index in [9.17, 15) is 14.0 Å². The van der Waals surface area contributed by atoms with Gasteiger partial charge in [0, 0.05) is 18.7 Å². The van der Waals surface area contributed by atoms with Crippen molar-refractivity contribution in [2.45, 2.75) is 6.61 Å². The summed E-state index contributed by atoms with van der Waals surface area (Å²) in [6, 6.07) is 10.6. The number of rotatable bonds is 7. The van der Waals surface area contributed by atoms with E-state index in [1.165, 1.54) is 31.4 Å². The molecule has 29 heavy (non-hydrogen) atoms. The Morgan fingerprint density at radius 1 is 1.10 bits per heavy atom. The summed E-state index contributed by atoms with van der Waals surface area (Å²) in [6.45, 7) is 1.77. The van der Waals surface area contributed by atoms with Crippen LogP contribution >= 0.6 is 0 Å². The number of hydrogen-bond donors (Lipinski definition) is 0. The molecular formula is C21H22FNO6. The topological polar surface area (TPSA) is 74.3 Å². The van der Waals surface area contributed by atoms with Crippen LogP contribution in [0.5, 0.6) is 11.5 Å².